The first-order valence-electron chi connectivity index (χ1n) is 7.79. The zero-order chi connectivity index (χ0) is 17.3. The second kappa shape index (κ2) is 6.67. The van der Waals surface area contributed by atoms with E-state index in [-0.39, 0.29) is 31.1 Å². The Balaban J connectivity index is 1.37. The van der Waals surface area contributed by atoms with Crippen molar-refractivity contribution in [1.29, 1.82) is 0 Å². The van der Waals surface area contributed by atoms with Gasteiger partial charge in [0.1, 0.15) is 6.61 Å². The van der Waals surface area contributed by atoms with E-state index in [4.69, 9.17) is 9.26 Å². The largest absolute Gasteiger partial charge is 0.401 e. The number of halogens is 3. The van der Waals surface area contributed by atoms with Crippen molar-refractivity contribution in [2.45, 2.75) is 32.2 Å². The lowest BCUT2D eigenvalue weighted by molar-refractivity contribution is -0.153. The van der Waals surface area contributed by atoms with Crippen molar-refractivity contribution in [3.05, 3.63) is 11.7 Å². The minimum absolute atomic E-state index is 0.0897. The molecule has 2 aliphatic heterocycles. The van der Waals surface area contributed by atoms with E-state index >= 15 is 0 Å². The molecule has 0 aromatic carbocycles. The van der Waals surface area contributed by atoms with E-state index in [1.54, 1.807) is 11.8 Å². The topological polar surface area (TPSA) is 71.7 Å². The summed E-state index contributed by atoms with van der Waals surface area (Å²) in [5.74, 6) is 0.472. The van der Waals surface area contributed by atoms with Crippen LogP contribution in [-0.4, -0.2) is 70.9 Å². The molecule has 2 saturated heterocycles. The van der Waals surface area contributed by atoms with Gasteiger partial charge in [0.15, 0.2) is 5.82 Å². The third-order valence-electron chi connectivity index (χ3n) is 4.20. The zero-order valence-corrected chi connectivity index (χ0v) is 13.3. The smallest absolute Gasteiger partial charge is 0.365 e. The van der Waals surface area contributed by atoms with E-state index in [1.165, 1.54) is 4.90 Å². The third-order valence-corrected chi connectivity index (χ3v) is 4.20. The Morgan fingerprint density at radius 1 is 1.38 bits per heavy atom. The summed E-state index contributed by atoms with van der Waals surface area (Å²) in [4.78, 5) is 19.2. The highest BCUT2D eigenvalue weighted by molar-refractivity contribution is 5.80. The fourth-order valence-corrected chi connectivity index (χ4v) is 3.00. The molecule has 0 spiro atoms. The first-order valence-corrected chi connectivity index (χ1v) is 7.79. The highest BCUT2D eigenvalue weighted by Gasteiger charge is 2.40. The molecule has 2 aliphatic rings. The molecular formula is C14H19F3N4O3. The average Bonchev–Trinajstić information content (AvgIpc) is 3.04. The number of ether oxygens (including phenoxy) is 1. The molecule has 0 bridgehead atoms. The van der Waals surface area contributed by atoms with Gasteiger partial charge in [0.2, 0.25) is 5.91 Å². The summed E-state index contributed by atoms with van der Waals surface area (Å²) in [6, 6.07) is 0. The Morgan fingerprint density at radius 2 is 2.12 bits per heavy atom. The summed E-state index contributed by atoms with van der Waals surface area (Å²) in [5.41, 5.74) is 0. The molecular weight excluding hydrogens is 329 g/mol. The van der Waals surface area contributed by atoms with Crippen LogP contribution in [0.15, 0.2) is 4.52 Å². The normalized spacial score (nSPS) is 22.8. The SMILES string of the molecule is Cc1noc(COC2CN(C(=O)C3CCN(CC(F)(F)F)C3)C2)n1. The minimum atomic E-state index is -4.22. The van der Waals surface area contributed by atoms with Gasteiger partial charge in [-0.25, -0.2) is 0 Å². The Kier molecular flexibility index (Phi) is 4.77. The molecule has 0 radical (unpaired) electrons. The van der Waals surface area contributed by atoms with Crippen molar-refractivity contribution >= 4 is 5.91 Å². The minimum Gasteiger partial charge on any atom is -0.365 e. The predicted octanol–water partition coefficient (Wildman–Crippen LogP) is 0.990. The van der Waals surface area contributed by atoms with Gasteiger partial charge in [-0.3, -0.25) is 9.69 Å². The van der Waals surface area contributed by atoms with E-state index in [9.17, 15) is 18.0 Å². The molecule has 7 nitrogen and oxygen atoms in total. The van der Waals surface area contributed by atoms with Gasteiger partial charge < -0.3 is 14.2 Å². The number of amides is 1. The van der Waals surface area contributed by atoms with Crippen LogP contribution >= 0.6 is 0 Å². The first kappa shape index (κ1) is 17.2. The number of hydrogen-bond donors (Lipinski definition) is 0. The van der Waals surface area contributed by atoms with Gasteiger partial charge in [-0.15, -0.1) is 0 Å². The molecule has 10 heteroatoms. The van der Waals surface area contributed by atoms with E-state index in [1.807, 2.05) is 0 Å². The third kappa shape index (κ3) is 4.23. The Labute approximate surface area is 136 Å². The molecule has 24 heavy (non-hydrogen) atoms. The van der Waals surface area contributed by atoms with Crippen LogP contribution in [0, 0.1) is 12.8 Å². The highest BCUT2D eigenvalue weighted by Crippen LogP contribution is 2.26. The van der Waals surface area contributed by atoms with Crippen LogP contribution < -0.4 is 0 Å². The molecule has 0 saturated carbocycles. The molecule has 0 aliphatic carbocycles. The van der Waals surface area contributed by atoms with Gasteiger partial charge >= 0.3 is 6.18 Å². The fourth-order valence-electron chi connectivity index (χ4n) is 3.00. The predicted molar refractivity (Wildman–Crippen MR) is 74.8 cm³/mol. The van der Waals surface area contributed by atoms with E-state index < -0.39 is 12.7 Å². The monoisotopic (exact) mass is 348 g/mol. The van der Waals surface area contributed by atoms with Crippen molar-refractivity contribution < 1.29 is 27.2 Å². The molecule has 1 aromatic rings. The number of hydrogen-bond acceptors (Lipinski definition) is 6. The summed E-state index contributed by atoms with van der Waals surface area (Å²) >= 11 is 0. The van der Waals surface area contributed by atoms with E-state index in [0.717, 1.165) is 0 Å². The van der Waals surface area contributed by atoms with Crippen LogP contribution in [0.1, 0.15) is 18.1 Å². The lowest BCUT2D eigenvalue weighted by Gasteiger charge is -2.40. The van der Waals surface area contributed by atoms with Gasteiger partial charge in [0.25, 0.3) is 5.89 Å². The quantitative estimate of drug-likeness (QED) is 0.790. The Bertz CT molecular complexity index is 586. The number of carbonyl (C=O) groups excluding carboxylic acids is 1. The molecule has 3 heterocycles. The summed E-state index contributed by atoms with van der Waals surface area (Å²) in [6.45, 7) is 2.31. The first-order chi connectivity index (χ1) is 11.3. The molecule has 2 fully saturated rings. The van der Waals surface area contributed by atoms with Crippen molar-refractivity contribution in [1.82, 2.24) is 19.9 Å². The zero-order valence-electron chi connectivity index (χ0n) is 13.3. The summed E-state index contributed by atoms with van der Waals surface area (Å²) in [7, 11) is 0. The second-order valence-corrected chi connectivity index (χ2v) is 6.25. The molecule has 1 aromatic heterocycles. The van der Waals surface area contributed by atoms with Crippen molar-refractivity contribution in [2.24, 2.45) is 5.92 Å². The van der Waals surface area contributed by atoms with Crippen LogP contribution in [0.3, 0.4) is 0 Å². The van der Waals surface area contributed by atoms with Crippen molar-refractivity contribution in [2.75, 3.05) is 32.7 Å². The molecule has 0 N–H and O–H groups in total. The average molecular weight is 348 g/mol. The summed E-state index contributed by atoms with van der Waals surface area (Å²) < 4.78 is 47.6. The number of nitrogens with zero attached hydrogens (tertiary/aromatic N) is 4. The molecule has 1 unspecified atom stereocenters. The second-order valence-electron chi connectivity index (χ2n) is 6.25. The maximum absolute atomic E-state index is 12.4. The van der Waals surface area contributed by atoms with Gasteiger partial charge in [0.05, 0.1) is 18.6 Å². The fraction of sp³-hybridized carbons (Fsp3) is 0.786. The molecule has 134 valence electrons. The van der Waals surface area contributed by atoms with Crippen LogP contribution in [0.2, 0.25) is 0 Å². The number of alkyl halides is 3. The highest BCUT2D eigenvalue weighted by atomic mass is 19.4. The van der Waals surface area contributed by atoms with E-state index in [0.29, 0.717) is 37.8 Å². The summed E-state index contributed by atoms with van der Waals surface area (Å²) in [5, 5.41) is 3.65. The van der Waals surface area contributed by atoms with Crippen LogP contribution in [0.5, 0.6) is 0 Å². The number of aryl methyl sites for hydroxylation is 1. The number of aromatic nitrogens is 2. The number of carbonyl (C=O) groups is 1. The van der Waals surface area contributed by atoms with Crippen molar-refractivity contribution in [3.63, 3.8) is 0 Å². The molecule has 3 rings (SSSR count). The molecule has 1 amide bonds. The standard InChI is InChI=1S/C14H19F3N4O3/c1-9-18-12(24-19-9)7-23-11-5-21(6-11)13(22)10-2-3-20(4-10)8-14(15,16)17/h10-11H,2-8H2,1H3. The Morgan fingerprint density at radius 3 is 2.75 bits per heavy atom. The summed E-state index contributed by atoms with van der Waals surface area (Å²) in [6.07, 6.45) is -3.85. The Hall–Kier alpha value is -1.68. The maximum Gasteiger partial charge on any atom is 0.401 e. The van der Waals surface area contributed by atoms with Gasteiger partial charge in [-0.2, -0.15) is 18.2 Å². The van der Waals surface area contributed by atoms with Crippen molar-refractivity contribution in [3.8, 4) is 0 Å². The number of likely N-dealkylation sites (tertiary alicyclic amines) is 2. The van der Waals surface area contributed by atoms with Crippen LogP contribution in [-0.2, 0) is 16.1 Å². The van der Waals surface area contributed by atoms with Gasteiger partial charge in [0, 0.05) is 19.6 Å². The van der Waals surface area contributed by atoms with Gasteiger partial charge in [-0.05, 0) is 19.9 Å². The lowest BCUT2D eigenvalue weighted by atomic mass is 10.0. The molecule has 1 atom stereocenters. The van der Waals surface area contributed by atoms with Gasteiger partial charge in [-0.1, -0.05) is 5.16 Å². The lowest BCUT2D eigenvalue weighted by Crippen LogP contribution is -2.56. The number of rotatable bonds is 5. The van der Waals surface area contributed by atoms with Crippen LogP contribution in [0.4, 0.5) is 13.2 Å². The maximum atomic E-state index is 12.4. The van der Waals surface area contributed by atoms with Crippen LogP contribution in [0.25, 0.3) is 0 Å². The van der Waals surface area contributed by atoms with E-state index in [2.05, 4.69) is 10.1 Å².